The molecule has 5 unspecified atom stereocenters. The van der Waals surface area contributed by atoms with Crippen LogP contribution in [0.2, 0.25) is 0 Å². The Labute approximate surface area is 228 Å². The van der Waals surface area contributed by atoms with Crippen molar-refractivity contribution >= 4 is 23.5 Å². The summed E-state index contributed by atoms with van der Waals surface area (Å²) in [7, 11) is 0. The summed E-state index contributed by atoms with van der Waals surface area (Å²) in [6.07, 6.45) is -0.684. The van der Waals surface area contributed by atoms with Gasteiger partial charge in [-0.1, -0.05) is 13.8 Å². The number of aliphatic hydroxyl groups excluding tert-OH is 1. The number of carbonyl (C=O) groups excluding carboxylic acids is 4. The van der Waals surface area contributed by atoms with E-state index < -0.39 is 105 Å². The third kappa shape index (κ3) is 2.12. The molecule has 3 aliphatic carbocycles. The predicted octanol–water partition coefficient (Wildman–Crippen LogP) is -0.347. The van der Waals surface area contributed by atoms with E-state index in [0.29, 0.717) is 0 Å². The van der Waals surface area contributed by atoms with Gasteiger partial charge in [-0.15, -0.1) is 0 Å². The highest BCUT2D eigenvalue weighted by atomic mass is 17.2. The van der Waals surface area contributed by atoms with Crippen LogP contribution in [-0.4, -0.2) is 85.3 Å². The van der Waals surface area contributed by atoms with Crippen LogP contribution in [-0.2, 0) is 43.2 Å². The second-order valence-electron chi connectivity index (χ2n) is 13.9. The lowest BCUT2D eigenvalue weighted by atomic mass is 9.46. The molecule has 7 fully saturated rings. The van der Waals surface area contributed by atoms with Crippen LogP contribution in [0.3, 0.4) is 0 Å². The molecule has 40 heavy (non-hydrogen) atoms. The van der Waals surface area contributed by atoms with E-state index in [-0.39, 0.29) is 25.7 Å². The number of carbonyl (C=O) groups is 4. The largest absolute Gasteiger partial charge is 0.458 e. The number of ether oxygens (including phenoxy) is 3. The average Bonchev–Trinajstić information content (AvgIpc) is 3.26. The summed E-state index contributed by atoms with van der Waals surface area (Å²) in [5.74, 6) is -9.61. The van der Waals surface area contributed by atoms with Crippen LogP contribution in [0, 0.1) is 34.5 Å². The molecule has 14 atom stereocenters. The molecule has 9 aliphatic rings. The van der Waals surface area contributed by atoms with Gasteiger partial charge >= 0.3 is 11.9 Å². The summed E-state index contributed by atoms with van der Waals surface area (Å²) in [6.45, 7) is 6.42. The summed E-state index contributed by atoms with van der Waals surface area (Å²) in [6, 6.07) is 0. The third-order valence-corrected chi connectivity index (χ3v) is 12.7. The quantitative estimate of drug-likeness (QED) is 0.200. The van der Waals surface area contributed by atoms with Gasteiger partial charge in [0, 0.05) is 5.92 Å². The molecule has 0 amide bonds. The first kappa shape index (κ1) is 25.5. The Hall–Kier alpha value is -2.22. The van der Waals surface area contributed by atoms with Gasteiger partial charge < -0.3 is 29.5 Å². The van der Waals surface area contributed by atoms with Gasteiger partial charge in [-0.2, -0.15) is 0 Å². The maximum atomic E-state index is 14.7. The number of hydrogen-bond acceptors (Lipinski definition) is 12. The number of Topliss-reactive ketones (excluding diaryl/α,β-unsaturated/α-hetero) is 2. The number of fused-ring (bicyclic) bond motifs is 8. The van der Waals surface area contributed by atoms with Gasteiger partial charge in [-0.05, 0) is 63.0 Å². The van der Waals surface area contributed by atoms with Crippen molar-refractivity contribution in [1.29, 1.82) is 0 Å². The fraction of sp³-hybridized carbons (Fsp3) is 0.786. The zero-order chi connectivity index (χ0) is 28.6. The predicted molar refractivity (Wildman–Crippen MR) is 126 cm³/mol. The minimum absolute atomic E-state index is 0.00286. The van der Waals surface area contributed by atoms with Crippen LogP contribution >= 0.6 is 0 Å². The van der Waals surface area contributed by atoms with Crippen LogP contribution in [0.4, 0.5) is 0 Å². The van der Waals surface area contributed by atoms with Crippen LogP contribution < -0.4 is 0 Å². The minimum Gasteiger partial charge on any atom is -0.458 e. The van der Waals surface area contributed by atoms with Gasteiger partial charge in [0.05, 0.1) is 23.4 Å². The maximum Gasteiger partial charge on any atom is 0.342 e. The van der Waals surface area contributed by atoms with E-state index in [0.717, 1.165) is 0 Å². The second-order valence-corrected chi connectivity index (χ2v) is 13.9. The Morgan fingerprint density at radius 2 is 1.75 bits per heavy atom. The molecule has 6 bridgehead atoms. The molecule has 0 radical (unpaired) electrons. The topological polar surface area (TPSA) is 175 Å². The fourth-order valence-corrected chi connectivity index (χ4v) is 10.3. The Morgan fingerprint density at radius 3 is 2.42 bits per heavy atom. The number of esters is 2. The van der Waals surface area contributed by atoms with E-state index in [1.165, 1.54) is 13.0 Å². The molecule has 2 saturated carbocycles. The number of hydrogen-bond donors (Lipinski definition) is 3. The molecule has 2 spiro atoms. The van der Waals surface area contributed by atoms with Crippen LogP contribution in [0.25, 0.3) is 0 Å². The number of aliphatic hydroxyl groups is 3. The van der Waals surface area contributed by atoms with Crippen molar-refractivity contribution in [3.05, 3.63) is 12.2 Å². The van der Waals surface area contributed by atoms with Crippen molar-refractivity contribution in [1.82, 2.24) is 0 Å². The van der Waals surface area contributed by atoms with E-state index in [9.17, 15) is 34.5 Å². The summed E-state index contributed by atoms with van der Waals surface area (Å²) < 4.78 is 18.1. The summed E-state index contributed by atoms with van der Waals surface area (Å²) >= 11 is 0. The van der Waals surface area contributed by atoms with Gasteiger partial charge in [0.25, 0.3) is 0 Å². The molecule has 216 valence electrons. The summed E-state index contributed by atoms with van der Waals surface area (Å²) in [5, 5.41) is 36.4. The Morgan fingerprint density at radius 1 is 1.02 bits per heavy atom. The molecule has 12 nitrogen and oxygen atoms in total. The molecule has 6 aliphatic heterocycles. The second kappa shape index (κ2) is 6.71. The molecular formula is C28H32O12. The highest BCUT2D eigenvalue weighted by Gasteiger charge is 2.92. The first-order chi connectivity index (χ1) is 18.6. The molecule has 0 aromatic carbocycles. The van der Waals surface area contributed by atoms with E-state index in [2.05, 4.69) is 0 Å². The molecule has 5 saturated heterocycles. The molecule has 0 aromatic rings. The lowest BCUT2D eigenvalue weighted by Crippen LogP contribution is -2.78. The average molecular weight is 561 g/mol. The Bertz CT molecular complexity index is 1360. The van der Waals surface area contributed by atoms with Crippen LogP contribution in [0.15, 0.2) is 12.2 Å². The molecule has 0 aromatic heterocycles. The lowest BCUT2D eigenvalue weighted by Gasteiger charge is -2.64. The minimum atomic E-state index is -2.63. The Kier molecular flexibility index (Phi) is 4.27. The highest BCUT2D eigenvalue weighted by molar-refractivity contribution is 5.99. The number of ketones is 2. The number of rotatable bonds is 0. The molecule has 9 rings (SSSR count). The monoisotopic (exact) mass is 560 g/mol. The molecular weight excluding hydrogens is 528 g/mol. The zero-order valence-corrected chi connectivity index (χ0v) is 22.5. The zero-order valence-electron chi connectivity index (χ0n) is 22.5. The first-order valence-corrected chi connectivity index (χ1v) is 14.0. The van der Waals surface area contributed by atoms with Crippen molar-refractivity contribution in [2.24, 2.45) is 34.5 Å². The van der Waals surface area contributed by atoms with Crippen molar-refractivity contribution < 1.29 is 58.5 Å². The Balaban J connectivity index is 1.38. The summed E-state index contributed by atoms with van der Waals surface area (Å²) in [5.41, 5.74) is -10.6. The van der Waals surface area contributed by atoms with Crippen molar-refractivity contribution in [2.75, 3.05) is 0 Å². The smallest absolute Gasteiger partial charge is 0.342 e. The van der Waals surface area contributed by atoms with Gasteiger partial charge in [0.15, 0.2) is 40.1 Å². The molecule has 3 N–H and O–H groups in total. The van der Waals surface area contributed by atoms with E-state index >= 15 is 0 Å². The van der Waals surface area contributed by atoms with E-state index in [1.54, 1.807) is 26.8 Å². The van der Waals surface area contributed by atoms with Crippen LogP contribution in [0.5, 0.6) is 0 Å². The lowest BCUT2D eigenvalue weighted by molar-refractivity contribution is -0.438. The third-order valence-electron chi connectivity index (χ3n) is 12.7. The standard InChI is InChI=1S/C28H32O12/c1-11-20(32)36-16-10-22(11,2)17-19(31)27(35)13-9-15(29)26-8-6-14(38-40-26)18(30)23(26,3)12(13)5-7-25(34)21(33)37-24(16,4)28(17,25)39-27/h6,8,11-17,29,34-35H,5,7,9-10H2,1-4H3/t11-,12?,13?,14+,15+,16+,17?,22?,23-,24-,25-,26+,27?,28-/m0/s1. The van der Waals surface area contributed by atoms with Gasteiger partial charge in [-0.25, -0.2) is 14.6 Å². The van der Waals surface area contributed by atoms with Crippen molar-refractivity contribution in [3.63, 3.8) is 0 Å². The maximum absolute atomic E-state index is 14.7. The van der Waals surface area contributed by atoms with Gasteiger partial charge in [-0.3, -0.25) is 14.4 Å². The van der Waals surface area contributed by atoms with E-state index in [4.69, 9.17) is 24.0 Å². The van der Waals surface area contributed by atoms with Gasteiger partial charge in [0.2, 0.25) is 5.79 Å². The normalized spacial score (nSPS) is 62.6. The first-order valence-electron chi connectivity index (χ1n) is 14.0. The van der Waals surface area contributed by atoms with Crippen molar-refractivity contribution in [3.8, 4) is 0 Å². The SMILES string of the molecule is C[C@H]1C(=O)O[C@@H]2CC1(C)C1C(=O)C3(O)O[C@]14[C@@]2(C)OC(=O)[C@@]4(O)CCC1C3C[C@@H](O)[C@@]23C=C[C@@H](OO2)C(=O)[C@]13C. The van der Waals surface area contributed by atoms with E-state index in [1.807, 2.05) is 0 Å². The van der Waals surface area contributed by atoms with Crippen LogP contribution in [0.1, 0.15) is 53.4 Å². The summed E-state index contributed by atoms with van der Waals surface area (Å²) in [4.78, 5) is 66.2. The molecule has 12 heteroatoms. The van der Waals surface area contributed by atoms with Gasteiger partial charge in [0.1, 0.15) is 6.10 Å². The van der Waals surface area contributed by atoms with Crippen molar-refractivity contribution in [2.45, 2.75) is 99.9 Å². The molecule has 6 heterocycles. The fourth-order valence-electron chi connectivity index (χ4n) is 10.3. The highest BCUT2D eigenvalue weighted by Crippen LogP contribution is 2.74.